The highest BCUT2D eigenvalue weighted by atomic mass is 16.5. The van der Waals surface area contributed by atoms with E-state index in [1.807, 2.05) is 0 Å². The lowest BCUT2D eigenvalue weighted by molar-refractivity contribution is 0.149. The van der Waals surface area contributed by atoms with Gasteiger partial charge in [-0.2, -0.15) is 0 Å². The summed E-state index contributed by atoms with van der Waals surface area (Å²) in [6.07, 6.45) is 1.11. The van der Waals surface area contributed by atoms with Crippen LogP contribution in [0, 0.1) is 6.07 Å². The first-order valence-electron chi connectivity index (χ1n) is 3.15. The van der Waals surface area contributed by atoms with Gasteiger partial charge in [0.15, 0.2) is 0 Å². The normalized spacial score (nSPS) is 14.7. The molecule has 0 saturated heterocycles. The zero-order valence-electron chi connectivity index (χ0n) is 5.63. The number of nitrogens with zero attached hydrogens (tertiary/aromatic N) is 1. The first-order valence-corrected chi connectivity index (χ1v) is 3.15. The van der Waals surface area contributed by atoms with Gasteiger partial charge in [0.2, 0.25) is 0 Å². The molecule has 1 aliphatic rings. The van der Waals surface area contributed by atoms with Crippen molar-refractivity contribution in [3.05, 3.63) is 24.0 Å². The van der Waals surface area contributed by atoms with Gasteiger partial charge < -0.3 is 4.74 Å². The topological polar surface area (TPSA) is 51.2 Å². The number of carbonyl (C=O) groups excluding carboxylic acids is 1. The predicted molar refractivity (Wildman–Crippen MR) is 36.9 cm³/mol. The average molecular weight is 149 g/mol. The molecule has 0 spiro atoms. The van der Waals surface area contributed by atoms with Crippen molar-refractivity contribution in [1.82, 2.24) is 4.98 Å². The Morgan fingerprint density at radius 1 is 1.73 bits per heavy atom. The van der Waals surface area contributed by atoms with E-state index in [4.69, 9.17) is 0 Å². The lowest BCUT2D eigenvalue weighted by Crippen LogP contribution is -2.20. The molecule has 11 heavy (non-hydrogen) atoms. The quantitative estimate of drug-likeness (QED) is 0.597. The minimum atomic E-state index is -0.432. The van der Waals surface area contributed by atoms with Crippen molar-refractivity contribution in [2.75, 3.05) is 5.32 Å². The van der Waals surface area contributed by atoms with Gasteiger partial charge in [0, 0.05) is 12.3 Å². The van der Waals surface area contributed by atoms with Crippen LogP contribution >= 0.6 is 0 Å². The summed E-state index contributed by atoms with van der Waals surface area (Å²) in [5.41, 5.74) is 1.42. The lowest BCUT2D eigenvalue weighted by atomic mass is 10.3. The number of anilines is 1. The van der Waals surface area contributed by atoms with E-state index in [2.05, 4.69) is 21.1 Å². The van der Waals surface area contributed by atoms with Crippen molar-refractivity contribution in [3.8, 4) is 0 Å². The second-order valence-electron chi connectivity index (χ2n) is 2.13. The Balaban J connectivity index is 2.41. The van der Waals surface area contributed by atoms with Crippen LogP contribution in [0.2, 0.25) is 0 Å². The van der Waals surface area contributed by atoms with Crippen LogP contribution in [0.4, 0.5) is 10.5 Å². The zero-order chi connectivity index (χ0) is 7.68. The monoisotopic (exact) mass is 149 g/mol. The van der Waals surface area contributed by atoms with Gasteiger partial charge in [-0.05, 0) is 6.07 Å². The molecular formula is C7H5N2O2. The molecule has 0 aromatic carbocycles. The number of rotatable bonds is 0. The van der Waals surface area contributed by atoms with Gasteiger partial charge in [-0.25, -0.2) is 4.79 Å². The standard InChI is InChI=1S/C7H5N2O2/c10-7-9-5-2-1-3-8-6(5)4-11-7/h2-3H,4H2,(H,9,10). The van der Waals surface area contributed by atoms with Crippen molar-refractivity contribution in [3.63, 3.8) is 0 Å². The first-order chi connectivity index (χ1) is 5.36. The molecule has 55 valence electrons. The molecule has 1 N–H and O–H groups in total. The first kappa shape index (κ1) is 6.15. The summed E-state index contributed by atoms with van der Waals surface area (Å²) in [5, 5.41) is 2.50. The Kier molecular flexibility index (Phi) is 1.25. The number of hydrogen-bond acceptors (Lipinski definition) is 3. The number of amides is 1. The van der Waals surface area contributed by atoms with E-state index in [0.717, 1.165) is 5.69 Å². The Bertz CT molecular complexity index is 298. The molecular weight excluding hydrogens is 144 g/mol. The van der Waals surface area contributed by atoms with Gasteiger partial charge in [0.25, 0.3) is 0 Å². The second-order valence-corrected chi connectivity index (χ2v) is 2.13. The highest BCUT2D eigenvalue weighted by molar-refractivity contribution is 5.86. The van der Waals surface area contributed by atoms with Crippen LogP contribution in [-0.4, -0.2) is 11.1 Å². The van der Waals surface area contributed by atoms with Crippen molar-refractivity contribution < 1.29 is 9.53 Å². The molecule has 0 bridgehead atoms. The van der Waals surface area contributed by atoms with Crippen molar-refractivity contribution >= 4 is 11.8 Å². The van der Waals surface area contributed by atoms with E-state index in [0.29, 0.717) is 5.69 Å². The third-order valence-corrected chi connectivity index (χ3v) is 1.41. The summed E-state index contributed by atoms with van der Waals surface area (Å²) in [7, 11) is 0. The molecule has 0 aliphatic carbocycles. The Hall–Kier alpha value is -1.58. The summed E-state index contributed by atoms with van der Waals surface area (Å²) in [5.74, 6) is 0. The van der Waals surface area contributed by atoms with Gasteiger partial charge in [-0.1, -0.05) is 0 Å². The highest BCUT2D eigenvalue weighted by Crippen LogP contribution is 2.17. The number of nitrogens with one attached hydrogen (secondary N) is 1. The smallest absolute Gasteiger partial charge is 0.412 e. The number of carbonyl (C=O) groups is 1. The number of fused-ring (bicyclic) bond motifs is 1. The van der Waals surface area contributed by atoms with Crippen LogP contribution in [0.15, 0.2) is 12.3 Å². The fourth-order valence-electron chi connectivity index (χ4n) is 0.892. The predicted octanol–water partition coefficient (Wildman–Crippen LogP) is 0.944. The van der Waals surface area contributed by atoms with Crippen LogP contribution < -0.4 is 5.32 Å². The van der Waals surface area contributed by atoms with Gasteiger partial charge in [-0.3, -0.25) is 10.3 Å². The summed E-state index contributed by atoms with van der Waals surface area (Å²) in [6.45, 7) is 0.246. The number of aromatic nitrogens is 1. The number of hydrogen-bond donors (Lipinski definition) is 1. The van der Waals surface area contributed by atoms with E-state index in [1.54, 1.807) is 12.3 Å². The third-order valence-electron chi connectivity index (χ3n) is 1.41. The minimum Gasteiger partial charge on any atom is -0.443 e. The van der Waals surface area contributed by atoms with E-state index in [1.165, 1.54) is 0 Å². The largest absolute Gasteiger partial charge is 0.443 e. The molecule has 0 saturated carbocycles. The van der Waals surface area contributed by atoms with Gasteiger partial charge >= 0.3 is 6.09 Å². The maximum atomic E-state index is 10.7. The molecule has 1 amide bonds. The summed E-state index contributed by atoms with van der Waals surface area (Å²) in [6, 6.07) is 4.43. The number of ether oxygens (including phenoxy) is 1. The molecule has 1 aliphatic heterocycles. The molecule has 2 rings (SSSR count). The van der Waals surface area contributed by atoms with E-state index in [9.17, 15) is 4.79 Å². The zero-order valence-corrected chi connectivity index (χ0v) is 5.63. The van der Waals surface area contributed by atoms with Crippen molar-refractivity contribution in [2.45, 2.75) is 6.61 Å². The van der Waals surface area contributed by atoms with Crippen LogP contribution in [0.5, 0.6) is 0 Å². The SMILES string of the molecule is O=C1Nc2c[c]cnc2CO1. The van der Waals surface area contributed by atoms with E-state index < -0.39 is 6.09 Å². The van der Waals surface area contributed by atoms with Gasteiger partial charge in [0.05, 0.1) is 5.69 Å². The molecule has 0 fully saturated rings. The average Bonchev–Trinajstić information content (AvgIpc) is 2.04. The molecule has 4 heteroatoms. The van der Waals surface area contributed by atoms with Gasteiger partial charge in [0.1, 0.15) is 12.3 Å². The van der Waals surface area contributed by atoms with Crippen molar-refractivity contribution in [1.29, 1.82) is 0 Å². The maximum Gasteiger partial charge on any atom is 0.412 e. The fourth-order valence-corrected chi connectivity index (χ4v) is 0.892. The second kappa shape index (κ2) is 2.23. The Labute approximate surface area is 63.2 Å². The van der Waals surface area contributed by atoms with Crippen LogP contribution in [0.3, 0.4) is 0 Å². The van der Waals surface area contributed by atoms with Crippen LogP contribution in [0.1, 0.15) is 5.69 Å². The molecule has 0 unspecified atom stereocenters. The minimum absolute atomic E-state index is 0.246. The third kappa shape index (κ3) is 1.02. The van der Waals surface area contributed by atoms with E-state index >= 15 is 0 Å². The van der Waals surface area contributed by atoms with Crippen LogP contribution in [-0.2, 0) is 11.3 Å². The summed E-state index contributed by atoms with van der Waals surface area (Å²) in [4.78, 5) is 14.6. The van der Waals surface area contributed by atoms with Crippen molar-refractivity contribution in [2.24, 2.45) is 0 Å². The number of pyridine rings is 1. The van der Waals surface area contributed by atoms with E-state index in [-0.39, 0.29) is 6.61 Å². The highest BCUT2D eigenvalue weighted by Gasteiger charge is 2.14. The molecule has 4 nitrogen and oxygen atoms in total. The van der Waals surface area contributed by atoms with Crippen LogP contribution in [0.25, 0.3) is 0 Å². The summed E-state index contributed by atoms with van der Waals surface area (Å²) < 4.78 is 4.68. The summed E-state index contributed by atoms with van der Waals surface area (Å²) >= 11 is 0. The Morgan fingerprint density at radius 3 is 3.55 bits per heavy atom. The fraction of sp³-hybridized carbons (Fsp3) is 0.143. The molecule has 0 atom stereocenters. The maximum absolute atomic E-state index is 10.7. The molecule has 1 aromatic heterocycles. The number of cyclic esters (lactones) is 1. The molecule has 1 aromatic rings. The van der Waals surface area contributed by atoms with Gasteiger partial charge in [-0.15, -0.1) is 0 Å². The Morgan fingerprint density at radius 2 is 2.64 bits per heavy atom. The molecule has 1 radical (unpaired) electrons. The molecule has 2 heterocycles. The lowest BCUT2D eigenvalue weighted by Gasteiger charge is -2.14.